The molecule has 0 aliphatic carbocycles. The second-order valence-corrected chi connectivity index (χ2v) is 6.14. The number of hydrogen-bond acceptors (Lipinski definition) is 3. The molecule has 1 fully saturated rings. The predicted molar refractivity (Wildman–Crippen MR) is 73.3 cm³/mol. The van der Waals surface area contributed by atoms with Gasteiger partial charge in [0.2, 0.25) is 0 Å². The fourth-order valence-electron chi connectivity index (χ4n) is 2.64. The molecule has 0 atom stereocenters. The summed E-state index contributed by atoms with van der Waals surface area (Å²) in [4.78, 5) is 6.67. The van der Waals surface area contributed by atoms with Gasteiger partial charge in [-0.2, -0.15) is 5.26 Å². The molecule has 0 spiro atoms. The highest BCUT2D eigenvalue weighted by atomic mass is 15.2. The number of anilines is 1. The summed E-state index contributed by atoms with van der Waals surface area (Å²) in [7, 11) is 0. The lowest BCUT2D eigenvalue weighted by molar-refractivity contribution is 0.198. The summed E-state index contributed by atoms with van der Waals surface area (Å²) >= 11 is 0. The van der Waals surface area contributed by atoms with Crippen molar-refractivity contribution in [3.05, 3.63) is 23.9 Å². The molecule has 1 saturated heterocycles. The summed E-state index contributed by atoms with van der Waals surface area (Å²) in [6.45, 7) is 9.05. The van der Waals surface area contributed by atoms with Crippen molar-refractivity contribution >= 4 is 5.82 Å². The molecule has 0 aromatic carbocycles. The van der Waals surface area contributed by atoms with Crippen LogP contribution in [0.2, 0.25) is 0 Å². The maximum atomic E-state index is 8.91. The second kappa shape index (κ2) is 4.97. The minimum absolute atomic E-state index is 0.397. The zero-order valence-corrected chi connectivity index (χ0v) is 11.5. The van der Waals surface area contributed by atoms with E-state index in [0.717, 1.165) is 24.8 Å². The smallest absolute Gasteiger partial charge is 0.129 e. The molecule has 1 aromatic rings. The van der Waals surface area contributed by atoms with Crippen LogP contribution in [0, 0.1) is 22.7 Å². The minimum Gasteiger partial charge on any atom is -0.357 e. The van der Waals surface area contributed by atoms with Gasteiger partial charge in [0.05, 0.1) is 11.6 Å². The normalized spacial score (nSPS) is 17.6. The largest absolute Gasteiger partial charge is 0.357 e. The highest BCUT2D eigenvalue weighted by Crippen LogP contribution is 2.35. The van der Waals surface area contributed by atoms with Crippen LogP contribution in [-0.4, -0.2) is 18.1 Å². The van der Waals surface area contributed by atoms with E-state index in [2.05, 4.69) is 36.7 Å². The molecule has 2 heterocycles. The third-order valence-electron chi connectivity index (χ3n) is 3.92. The van der Waals surface area contributed by atoms with Crippen molar-refractivity contribution in [1.29, 1.82) is 5.26 Å². The van der Waals surface area contributed by atoms with E-state index in [1.165, 1.54) is 12.8 Å². The van der Waals surface area contributed by atoms with Gasteiger partial charge in [0.1, 0.15) is 5.82 Å². The van der Waals surface area contributed by atoms with Crippen molar-refractivity contribution in [2.75, 3.05) is 18.0 Å². The van der Waals surface area contributed by atoms with Gasteiger partial charge in [0.15, 0.2) is 0 Å². The van der Waals surface area contributed by atoms with Crippen LogP contribution < -0.4 is 4.90 Å². The molecular weight excluding hydrogens is 222 g/mol. The van der Waals surface area contributed by atoms with Gasteiger partial charge in [-0.1, -0.05) is 20.8 Å². The Hall–Kier alpha value is -1.56. The lowest BCUT2D eigenvalue weighted by Crippen LogP contribution is -2.38. The lowest BCUT2D eigenvalue weighted by Gasteiger charge is -2.39. The van der Waals surface area contributed by atoms with Crippen LogP contribution in [0.4, 0.5) is 5.82 Å². The molecule has 96 valence electrons. The number of nitriles is 1. The van der Waals surface area contributed by atoms with Crippen LogP contribution >= 0.6 is 0 Å². The lowest BCUT2D eigenvalue weighted by atomic mass is 9.75. The molecule has 0 N–H and O–H groups in total. The van der Waals surface area contributed by atoms with E-state index in [1.54, 1.807) is 12.3 Å². The molecule has 1 aliphatic heterocycles. The van der Waals surface area contributed by atoms with Gasteiger partial charge >= 0.3 is 0 Å². The summed E-state index contributed by atoms with van der Waals surface area (Å²) in [6, 6.07) is 5.81. The standard InChI is InChI=1S/C15H21N3/c1-15(2,3)13-5-8-18(9-6-13)14-10-12(11-16)4-7-17-14/h4,7,10,13H,5-6,8-9H2,1-3H3. The van der Waals surface area contributed by atoms with Crippen LogP contribution in [0.15, 0.2) is 18.3 Å². The Morgan fingerprint density at radius 2 is 2.00 bits per heavy atom. The van der Waals surface area contributed by atoms with Crippen molar-refractivity contribution < 1.29 is 0 Å². The van der Waals surface area contributed by atoms with Crippen molar-refractivity contribution in [2.24, 2.45) is 11.3 Å². The predicted octanol–water partition coefficient (Wildman–Crippen LogP) is 3.22. The molecule has 1 aliphatic rings. The van der Waals surface area contributed by atoms with E-state index in [9.17, 15) is 0 Å². The van der Waals surface area contributed by atoms with Crippen molar-refractivity contribution in [2.45, 2.75) is 33.6 Å². The summed E-state index contributed by atoms with van der Waals surface area (Å²) in [6.07, 6.45) is 4.15. The maximum Gasteiger partial charge on any atom is 0.129 e. The van der Waals surface area contributed by atoms with Gasteiger partial charge in [-0.05, 0) is 36.3 Å². The summed E-state index contributed by atoms with van der Waals surface area (Å²) < 4.78 is 0. The highest BCUT2D eigenvalue weighted by Gasteiger charge is 2.29. The minimum atomic E-state index is 0.397. The summed E-state index contributed by atoms with van der Waals surface area (Å²) in [5, 5.41) is 8.91. The van der Waals surface area contributed by atoms with Gasteiger partial charge in [-0.25, -0.2) is 4.98 Å². The molecule has 3 nitrogen and oxygen atoms in total. The second-order valence-electron chi connectivity index (χ2n) is 6.14. The number of piperidine rings is 1. The molecule has 2 rings (SSSR count). The quantitative estimate of drug-likeness (QED) is 0.760. The van der Waals surface area contributed by atoms with E-state index in [4.69, 9.17) is 5.26 Å². The Morgan fingerprint density at radius 1 is 1.33 bits per heavy atom. The number of aromatic nitrogens is 1. The van der Waals surface area contributed by atoms with Gasteiger partial charge < -0.3 is 4.90 Å². The first-order valence-corrected chi connectivity index (χ1v) is 6.62. The van der Waals surface area contributed by atoms with Crippen molar-refractivity contribution in [1.82, 2.24) is 4.98 Å². The summed E-state index contributed by atoms with van der Waals surface area (Å²) in [5.74, 6) is 1.73. The molecule has 0 amide bonds. The molecule has 0 radical (unpaired) electrons. The Balaban J connectivity index is 2.04. The first-order valence-electron chi connectivity index (χ1n) is 6.62. The number of nitrogens with zero attached hydrogens (tertiary/aromatic N) is 3. The SMILES string of the molecule is CC(C)(C)C1CCN(c2cc(C#N)ccn2)CC1. The fraction of sp³-hybridized carbons (Fsp3) is 0.600. The third kappa shape index (κ3) is 2.81. The van der Waals surface area contributed by atoms with Crippen molar-refractivity contribution in [3.63, 3.8) is 0 Å². The zero-order chi connectivity index (χ0) is 13.2. The van der Waals surface area contributed by atoms with Gasteiger partial charge in [0.25, 0.3) is 0 Å². The monoisotopic (exact) mass is 243 g/mol. The van der Waals surface area contributed by atoms with E-state index in [1.807, 2.05) is 6.07 Å². The van der Waals surface area contributed by atoms with Crippen LogP contribution in [0.3, 0.4) is 0 Å². The Bertz CT molecular complexity index is 446. The fourth-order valence-corrected chi connectivity index (χ4v) is 2.64. The van der Waals surface area contributed by atoms with Gasteiger partial charge in [-0.15, -0.1) is 0 Å². The molecule has 0 bridgehead atoms. The average Bonchev–Trinajstić information content (AvgIpc) is 2.38. The first-order chi connectivity index (χ1) is 8.50. The van der Waals surface area contributed by atoms with E-state index in [-0.39, 0.29) is 0 Å². The maximum absolute atomic E-state index is 8.91. The van der Waals surface area contributed by atoms with Crippen LogP contribution in [0.25, 0.3) is 0 Å². The third-order valence-corrected chi connectivity index (χ3v) is 3.92. The number of rotatable bonds is 1. The van der Waals surface area contributed by atoms with Crippen molar-refractivity contribution in [3.8, 4) is 6.07 Å². The molecule has 18 heavy (non-hydrogen) atoms. The molecule has 1 aromatic heterocycles. The van der Waals surface area contributed by atoms with Crippen LogP contribution in [0.1, 0.15) is 39.2 Å². The first kappa shape index (κ1) is 12.9. The molecule has 0 unspecified atom stereocenters. The zero-order valence-electron chi connectivity index (χ0n) is 11.5. The van der Waals surface area contributed by atoms with E-state index in [0.29, 0.717) is 11.0 Å². The Kier molecular flexibility index (Phi) is 3.56. The highest BCUT2D eigenvalue weighted by molar-refractivity contribution is 5.45. The molecular formula is C15H21N3. The van der Waals surface area contributed by atoms with Gasteiger partial charge in [0, 0.05) is 19.3 Å². The number of hydrogen-bond donors (Lipinski definition) is 0. The number of pyridine rings is 1. The Labute approximate surface area is 109 Å². The van der Waals surface area contributed by atoms with Gasteiger partial charge in [-0.3, -0.25) is 0 Å². The molecule has 3 heteroatoms. The van der Waals surface area contributed by atoms with E-state index < -0.39 is 0 Å². The topological polar surface area (TPSA) is 39.9 Å². The summed E-state index contributed by atoms with van der Waals surface area (Å²) in [5.41, 5.74) is 1.09. The van der Waals surface area contributed by atoms with Crippen LogP contribution in [0.5, 0.6) is 0 Å². The van der Waals surface area contributed by atoms with Crippen LogP contribution in [-0.2, 0) is 0 Å². The van der Waals surface area contributed by atoms with E-state index >= 15 is 0 Å². The molecule has 0 saturated carbocycles. The Morgan fingerprint density at radius 3 is 2.56 bits per heavy atom. The average molecular weight is 243 g/mol.